The van der Waals surface area contributed by atoms with Crippen LogP contribution in [0.5, 0.6) is 0 Å². The molecule has 13 heavy (non-hydrogen) atoms. The van der Waals surface area contributed by atoms with Crippen molar-refractivity contribution in [2.45, 2.75) is 18.6 Å². The van der Waals surface area contributed by atoms with Crippen LogP contribution in [0, 0.1) is 0 Å². The molecule has 2 unspecified atom stereocenters. The van der Waals surface area contributed by atoms with Gasteiger partial charge >= 0.3 is 0 Å². The second-order valence-electron chi connectivity index (χ2n) is 2.52. The fourth-order valence-corrected chi connectivity index (χ4v) is 0.855. The third-order valence-corrected chi connectivity index (χ3v) is 1.52. The number of rotatable bonds is 8. The zero-order valence-electron chi connectivity index (χ0n) is 7.43. The molecule has 0 bridgehead atoms. The average molecular weight is 192 g/mol. The van der Waals surface area contributed by atoms with Crippen LogP contribution in [0.2, 0.25) is 0 Å². The molecule has 0 amide bonds. The van der Waals surface area contributed by atoms with Crippen molar-refractivity contribution in [3.05, 3.63) is 12.7 Å². The summed E-state index contributed by atoms with van der Waals surface area (Å²) in [4.78, 5) is 3.79. The Morgan fingerprint density at radius 2 is 2.08 bits per heavy atom. The van der Waals surface area contributed by atoms with Gasteiger partial charge in [0.1, 0.15) is 12.7 Å². The van der Waals surface area contributed by atoms with Crippen LogP contribution in [0.3, 0.4) is 0 Å². The summed E-state index contributed by atoms with van der Waals surface area (Å²) in [7, 11) is 0. The third-order valence-electron chi connectivity index (χ3n) is 1.52. The molecule has 3 N–H and O–H groups in total. The summed E-state index contributed by atoms with van der Waals surface area (Å²) < 4.78 is 5.11. The summed E-state index contributed by atoms with van der Waals surface area (Å²) >= 11 is 0. The van der Waals surface area contributed by atoms with Crippen LogP contribution in [0.15, 0.2) is 12.7 Å². The highest BCUT2D eigenvalue weighted by Crippen LogP contribution is 2.04. The van der Waals surface area contributed by atoms with Gasteiger partial charge in [-0.3, -0.25) is 5.26 Å². The van der Waals surface area contributed by atoms with Gasteiger partial charge in [-0.2, -0.15) is 0 Å². The first-order chi connectivity index (χ1) is 6.26. The maximum atomic E-state index is 9.22. The monoisotopic (exact) mass is 192 g/mol. The minimum atomic E-state index is -0.934. The van der Waals surface area contributed by atoms with E-state index in [9.17, 15) is 5.11 Å². The van der Waals surface area contributed by atoms with Crippen molar-refractivity contribution >= 4 is 0 Å². The molecule has 0 aromatic heterocycles. The molecule has 0 spiro atoms. The van der Waals surface area contributed by atoms with Gasteiger partial charge in [0.25, 0.3) is 0 Å². The second-order valence-corrected chi connectivity index (χ2v) is 2.52. The molecule has 0 radical (unpaired) electrons. The van der Waals surface area contributed by atoms with E-state index in [2.05, 4.69) is 11.5 Å². The molecule has 5 nitrogen and oxygen atoms in total. The molecule has 0 aliphatic heterocycles. The Morgan fingerprint density at radius 3 is 2.54 bits per heavy atom. The van der Waals surface area contributed by atoms with E-state index in [1.54, 1.807) is 6.08 Å². The number of aliphatic hydroxyl groups excluding tert-OH is 2. The number of ether oxygens (including phenoxy) is 1. The highest BCUT2D eigenvalue weighted by Gasteiger charge is 2.17. The van der Waals surface area contributed by atoms with Gasteiger partial charge in [0.2, 0.25) is 0 Å². The lowest BCUT2D eigenvalue weighted by Gasteiger charge is -2.20. The van der Waals surface area contributed by atoms with Gasteiger partial charge in [0.15, 0.2) is 0 Å². The van der Waals surface area contributed by atoms with Crippen LogP contribution >= 0.6 is 0 Å². The van der Waals surface area contributed by atoms with Gasteiger partial charge in [-0.05, 0) is 6.42 Å². The van der Waals surface area contributed by atoms with Crippen LogP contribution < -0.4 is 0 Å². The zero-order valence-corrected chi connectivity index (χ0v) is 7.43. The highest BCUT2D eigenvalue weighted by molar-refractivity contribution is 4.78. The Kier molecular flexibility index (Phi) is 7.86. The SMILES string of the molecule is C=CCC(OCCOO)C(O)CO. The van der Waals surface area contributed by atoms with E-state index in [0.29, 0.717) is 6.42 Å². The number of aliphatic hydroxyl groups is 2. The highest BCUT2D eigenvalue weighted by atomic mass is 17.1. The van der Waals surface area contributed by atoms with Crippen LogP contribution in [0.1, 0.15) is 6.42 Å². The van der Waals surface area contributed by atoms with Gasteiger partial charge in [-0.15, -0.1) is 6.58 Å². The summed E-state index contributed by atoms with van der Waals surface area (Å²) in [5.41, 5.74) is 0. The molecule has 78 valence electrons. The Bertz CT molecular complexity index is 128. The van der Waals surface area contributed by atoms with E-state index >= 15 is 0 Å². The van der Waals surface area contributed by atoms with Gasteiger partial charge in [0.05, 0.1) is 19.3 Å². The molecule has 0 saturated heterocycles. The van der Waals surface area contributed by atoms with Crippen molar-refractivity contribution in [2.75, 3.05) is 19.8 Å². The van der Waals surface area contributed by atoms with E-state index in [1.807, 2.05) is 0 Å². The molecule has 0 aliphatic carbocycles. The first kappa shape index (κ1) is 12.5. The van der Waals surface area contributed by atoms with Crippen molar-refractivity contribution in [3.63, 3.8) is 0 Å². The number of hydrogen-bond donors (Lipinski definition) is 3. The van der Waals surface area contributed by atoms with Crippen molar-refractivity contribution in [1.82, 2.24) is 0 Å². The quantitative estimate of drug-likeness (QED) is 0.215. The molecule has 5 heteroatoms. The van der Waals surface area contributed by atoms with Crippen molar-refractivity contribution in [3.8, 4) is 0 Å². The van der Waals surface area contributed by atoms with Crippen LogP contribution in [0.4, 0.5) is 0 Å². The molecule has 0 heterocycles. The first-order valence-electron chi connectivity index (χ1n) is 4.04. The summed E-state index contributed by atoms with van der Waals surface area (Å²) in [6, 6.07) is 0. The molecule has 0 aliphatic rings. The standard InChI is InChI=1S/C8H16O5/c1-2-3-8(7(10)6-9)12-4-5-13-11/h2,7-11H,1,3-6H2. The predicted molar refractivity (Wildman–Crippen MR) is 46.2 cm³/mol. The van der Waals surface area contributed by atoms with Crippen LogP contribution in [-0.4, -0.2) is 47.5 Å². The van der Waals surface area contributed by atoms with Crippen LogP contribution in [-0.2, 0) is 9.62 Å². The molecule has 0 fully saturated rings. The molecular weight excluding hydrogens is 176 g/mol. The zero-order chi connectivity index (χ0) is 10.1. The normalized spacial score (nSPS) is 15.3. The molecular formula is C8H16O5. The van der Waals surface area contributed by atoms with E-state index in [4.69, 9.17) is 15.1 Å². The minimum absolute atomic E-state index is 0.0335. The lowest BCUT2D eigenvalue weighted by molar-refractivity contribution is -0.252. The molecule has 0 rings (SSSR count). The largest absolute Gasteiger partial charge is 0.394 e. The molecule has 0 aromatic carbocycles. The third kappa shape index (κ3) is 5.73. The minimum Gasteiger partial charge on any atom is -0.394 e. The van der Waals surface area contributed by atoms with Gasteiger partial charge < -0.3 is 14.9 Å². The number of hydrogen-bond acceptors (Lipinski definition) is 5. The lowest BCUT2D eigenvalue weighted by atomic mass is 10.1. The van der Waals surface area contributed by atoms with Crippen molar-refractivity contribution in [2.24, 2.45) is 0 Å². The first-order valence-corrected chi connectivity index (χ1v) is 4.04. The molecule has 0 aromatic rings. The Balaban J connectivity index is 3.72. The van der Waals surface area contributed by atoms with Crippen LogP contribution in [0.25, 0.3) is 0 Å². The lowest BCUT2D eigenvalue weighted by Crippen LogP contribution is -2.32. The fourth-order valence-electron chi connectivity index (χ4n) is 0.855. The van der Waals surface area contributed by atoms with E-state index in [0.717, 1.165) is 0 Å². The summed E-state index contributed by atoms with van der Waals surface area (Å²) in [5.74, 6) is 0. The van der Waals surface area contributed by atoms with Gasteiger partial charge in [-0.1, -0.05) is 6.08 Å². The smallest absolute Gasteiger partial charge is 0.105 e. The maximum Gasteiger partial charge on any atom is 0.105 e. The van der Waals surface area contributed by atoms with Gasteiger partial charge in [0, 0.05) is 0 Å². The second kappa shape index (κ2) is 8.15. The summed E-state index contributed by atoms with van der Waals surface area (Å²) in [6.07, 6.45) is 0.589. The van der Waals surface area contributed by atoms with Crippen molar-refractivity contribution < 1.29 is 25.1 Å². The van der Waals surface area contributed by atoms with E-state index in [1.165, 1.54) is 0 Å². The average Bonchev–Trinajstić information content (AvgIpc) is 2.16. The van der Waals surface area contributed by atoms with Crippen molar-refractivity contribution in [1.29, 1.82) is 0 Å². The summed E-state index contributed by atoms with van der Waals surface area (Å²) in [5, 5.41) is 25.9. The Hall–Kier alpha value is -0.460. The molecule has 2 atom stereocenters. The van der Waals surface area contributed by atoms with Gasteiger partial charge in [-0.25, -0.2) is 4.89 Å². The van der Waals surface area contributed by atoms with E-state index in [-0.39, 0.29) is 19.8 Å². The molecule has 0 saturated carbocycles. The van der Waals surface area contributed by atoms with E-state index < -0.39 is 12.2 Å². The summed E-state index contributed by atoms with van der Waals surface area (Å²) in [6.45, 7) is 3.32. The Morgan fingerprint density at radius 1 is 1.38 bits per heavy atom. The topological polar surface area (TPSA) is 79.2 Å². The fraction of sp³-hybridized carbons (Fsp3) is 0.750. The maximum absolute atomic E-state index is 9.22. The Labute approximate surface area is 77.1 Å². The predicted octanol–water partition coefficient (Wildman–Crippen LogP) is -0.209.